The van der Waals surface area contributed by atoms with Crippen LogP contribution in [0.5, 0.6) is 0 Å². The predicted molar refractivity (Wildman–Crippen MR) is 81.5 cm³/mol. The highest BCUT2D eigenvalue weighted by molar-refractivity contribution is 7.14. The quantitative estimate of drug-likeness (QED) is 0.861. The Morgan fingerprint density at radius 2 is 2.11 bits per heavy atom. The highest BCUT2D eigenvalue weighted by Crippen LogP contribution is 2.23. The third-order valence-corrected chi connectivity index (χ3v) is 4.38. The Bertz CT molecular complexity index is 492. The lowest BCUT2D eigenvalue weighted by atomic mass is 10.1. The van der Waals surface area contributed by atoms with Crippen LogP contribution < -0.4 is 5.73 Å². The van der Waals surface area contributed by atoms with E-state index in [9.17, 15) is 4.79 Å². The molecule has 2 N–H and O–H groups in total. The van der Waals surface area contributed by atoms with E-state index in [0.717, 1.165) is 28.2 Å². The Morgan fingerprint density at radius 1 is 1.47 bits per heavy atom. The molecule has 0 fully saturated rings. The number of carbonyl (C=O) groups is 1. The molecule has 0 aliphatic rings. The van der Waals surface area contributed by atoms with E-state index in [1.807, 2.05) is 24.9 Å². The molecule has 3 nitrogen and oxygen atoms in total. The molecule has 1 rings (SSSR count). The zero-order valence-corrected chi connectivity index (χ0v) is 12.9. The lowest BCUT2D eigenvalue weighted by Gasteiger charge is -2.25. The molecule has 19 heavy (non-hydrogen) atoms. The highest BCUT2D eigenvalue weighted by atomic mass is 32.1. The zero-order chi connectivity index (χ0) is 14.4. The van der Waals surface area contributed by atoms with Gasteiger partial charge in [-0.3, -0.25) is 4.79 Å². The van der Waals surface area contributed by atoms with Gasteiger partial charge >= 0.3 is 0 Å². The van der Waals surface area contributed by atoms with Crippen molar-refractivity contribution in [3.05, 3.63) is 21.4 Å². The van der Waals surface area contributed by atoms with Gasteiger partial charge < -0.3 is 10.6 Å². The molecule has 1 aromatic rings. The molecule has 1 amide bonds. The van der Waals surface area contributed by atoms with E-state index in [-0.39, 0.29) is 5.91 Å². The van der Waals surface area contributed by atoms with Crippen molar-refractivity contribution in [1.29, 1.82) is 0 Å². The lowest BCUT2D eigenvalue weighted by molar-refractivity contribution is 0.0728. The smallest absolute Gasteiger partial charge is 0.263 e. The number of thiophene rings is 1. The van der Waals surface area contributed by atoms with Crippen LogP contribution >= 0.6 is 11.3 Å². The minimum Gasteiger partial charge on any atom is -0.338 e. The second-order valence-corrected chi connectivity index (χ2v) is 5.57. The molecular weight excluding hydrogens is 256 g/mol. The molecule has 1 aromatic heterocycles. The van der Waals surface area contributed by atoms with Crippen molar-refractivity contribution in [3.63, 3.8) is 0 Å². The van der Waals surface area contributed by atoms with Gasteiger partial charge in [0.1, 0.15) is 0 Å². The van der Waals surface area contributed by atoms with Crippen LogP contribution in [-0.4, -0.2) is 30.4 Å². The standard InChI is InChI=1S/C15H22N2OS/c1-5-12(6-2)17(4)15(18)14-10-11(3)13(19-14)8-7-9-16/h10,12H,5-6,9,16H2,1-4H3. The van der Waals surface area contributed by atoms with Gasteiger partial charge in [-0.05, 0) is 31.4 Å². The van der Waals surface area contributed by atoms with E-state index < -0.39 is 0 Å². The summed E-state index contributed by atoms with van der Waals surface area (Å²) in [5.74, 6) is 5.94. The summed E-state index contributed by atoms with van der Waals surface area (Å²) in [6.07, 6.45) is 1.95. The molecule has 0 radical (unpaired) electrons. The molecule has 0 saturated carbocycles. The summed E-state index contributed by atoms with van der Waals surface area (Å²) in [7, 11) is 1.88. The van der Waals surface area contributed by atoms with Gasteiger partial charge in [0.25, 0.3) is 5.91 Å². The summed E-state index contributed by atoms with van der Waals surface area (Å²) < 4.78 is 0. The van der Waals surface area contributed by atoms with Gasteiger partial charge in [0.2, 0.25) is 0 Å². The first kappa shape index (κ1) is 15.7. The van der Waals surface area contributed by atoms with Crippen LogP contribution in [0.4, 0.5) is 0 Å². The van der Waals surface area contributed by atoms with Crippen molar-refractivity contribution >= 4 is 17.2 Å². The van der Waals surface area contributed by atoms with E-state index in [1.165, 1.54) is 11.3 Å². The maximum Gasteiger partial charge on any atom is 0.263 e. The molecule has 0 aliphatic carbocycles. The van der Waals surface area contributed by atoms with Crippen molar-refractivity contribution in [2.45, 2.75) is 39.7 Å². The number of hydrogen-bond acceptors (Lipinski definition) is 3. The van der Waals surface area contributed by atoms with Gasteiger partial charge in [-0.25, -0.2) is 0 Å². The second kappa shape index (κ2) is 7.32. The fourth-order valence-electron chi connectivity index (χ4n) is 2.02. The number of hydrogen-bond donors (Lipinski definition) is 1. The Balaban J connectivity index is 2.94. The molecule has 0 saturated heterocycles. The first-order valence-electron chi connectivity index (χ1n) is 6.61. The third kappa shape index (κ3) is 3.82. The van der Waals surface area contributed by atoms with E-state index in [2.05, 4.69) is 25.7 Å². The first-order chi connectivity index (χ1) is 9.04. The van der Waals surface area contributed by atoms with Crippen LogP contribution in [0.2, 0.25) is 0 Å². The summed E-state index contributed by atoms with van der Waals surface area (Å²) in [6.45, 7) is 6.53. The van der Waals surface area contributed by atoms with Crippen molar-refractivity contribution in [2.75, 3.05) is 13.6 Å². The van der Waals surface area contributed by atoms with Crippen molar-refractivity contribution in [1.82, 2.24) is 4.90 Å². The topological polar surface area (TPSA) is 46.3 Å². The Labute approximate surface area is 119 Å². The minimum atomic E-state index is 0.0857. The largest absolute Gasteiger partial charge is 0.338 e. The molecule has 104 valence electrons. The number of nitrogens with two attached hydrogens (primary N) is 1. The fraction of sp³-hybridized carbons (Fsp3) is 0.533. The molecular formula is C15H22N2OS. The molecule has 0 aromatic carbocycles. The number of amides is 1. The summed E-state index contributed by atoms with van der Waals surface area (Å²) in [5.41, 5.74) is 6.42. The molecule has 4 heteroatoms. The molecule has 0 bridgehead atoms. The third-order valence-electron chi connectivity index (χ3n) is 3.24. The summed E-state index contributed by atoms with van der Waals surface area (Å²) in [5, 5.41) is 0. The summed E-state index contributed by atoms with van der Waals surface area (Å²) >= 11 is 1.45. The van der Waals surface area contributed by atoms with E-state index in [1.54, 1.807) is 0 Å². The van der Waals surface area contributed by atoms with Crippen LogP contribution in [0.25, 0.3) is 0 Å². The van der Waals surface area contributed by atoms with Crippen LogP contribution in [-0.2, 0) is 0 Å². The molecule has 0 atom stereocenters. The molecule has 1 heterocycles. The molecule has 0 spiro atoms. The monoisotopic (exact) mass is 278 g/mol. The van der Waals surface area contributed by atoms with E-state index in [4.69, 9.17) is 5.73 Å². The average Bonchev–Trinajstić information content (AvgIpc) is 2.78. The zero-order valence-electron chi connectivity index (χ0n) is 12.1. The maximum atomic E-state index is 12.4. The Morgan fingerprint density at radius 3 is 2.63 bits per heavy atom. The van der Waals surface area contributed by atoms with Crippen LogP contribution in [0.1, 0.15) is 46.8 Å². The summed E-state index contributed by atoms with van der Waals surface area (Å²) in [4.78, 5) is 15.9. The van der Waals surface area contributed by atoms with Crippen LogP contribution in [0.15, 0.2) is 6.07 Å². The van der Waals surface area contributed by atoms with Gasteiger partial charge in [-0.1, -0.05) is 25.7 Å². The van der Waals surface area contributed by atoms with E-state index >= 15 is 0 Å². The minimum absolute atomic E-state index is 0.0857. The van der Waals surface area contributed by atoms with Gasteiger partial charge in [-0.2, -0.15) is 0 Å². The van der Waals surface area contributed by atoms with Gasteiger partial charge in [-0.15, -0.1) is 11.3 Å². The number of rotatable bonds is 4. The molecule has 0 unspecified atom stereocenters. The summed E-state index contributed by atoms with van der Waals surface area (Å²) in [6, 6.07) is 2.22. The predicted octanol–water partition coefficient (Wildman–Crippen LogP) is 2.63. The van der Waals surface area contributed by atoms with Crippen molar-refractivity contribution in [3.8, 4) is 11.8 Å². The van der Waals surface area contributed by atoms with Crippen molar-refractivity contribution < 1.29 is 4.79 Å². The Hall–Kier alpha value is -1.31. The average molecular weight is 278 g/mol. The van der Waals surface area contributed by atoms with Crippen LogP contribution in [0.3, 0.4) is 0 Å². The van der Waals surface area contributed by atoms with Crippen molar-refractivity contribution in [2.24, 2.45) is 5.73 Å². The van der Waals surface area contributed by atoms with E-state index in [0.29, 0.717) is 12.6 Å². The SMILES string of the molecule is CCC(CC)N(C)C(=O)c1cc(C)c(C#CCN)s1. The number of carbonyl (C=O) groups excluding carboxylic acids is 1. The molecule has 0 aliphatic heterocycles. The number of nitrogens with zero attached hydrogens (tertiary/aromatic N) is 1. The van der Waals surface area contributed by atoms with Gasteiger partial charge in [0.15, 0.2) is 0 Å². The Kier molecular flexibility index (Phi) is 6.07. The maximum absolute atomic E-state index is 12.4. The highest BCUT2D eigenvalue weighted by Gasteiger charge is 2.20. The van der Waals surface area contributed by atoms with Gasteiger partial charge in [0, 0.05) is 13.1 Å². The van der Waals surface area contributed by atoms with Gasteiger partial charge in [0.05, 0.1) is 16.3 Å². The number of aryl methyl sites for hydroxylation is 1. The second-order valence-electron chi connectivity index (χ2n) is 4.52. The lowest BCUT2D eigenvalue weighted by Crippen LogP contribution is -2.35. The fourth-order valence-corrected chi connectivity index (χ4v) is 3.05. The van der Waals surface area contributed by atoms with Crippen LogP contribution in [0, 0.1) is 18.8 Å². The first-order valence-corrected chi connectivity index (χ1v) is 7.43. The normalized spacial score (nSPS) is 10.2.